The first-order valence-corrected chi connectivity index (χ1v) is 10.7. The van der Waals surface area contributed by atoms with E-state index in [4.69, 9.17) is 13.9 Å². The molecule has 0 aliphatic carbocycles. The molecule has 1 amide bonds. The van der Waals surface area contributed by atoms with E-state index in [1.54, 1.807) is 78.7 Å². The van der Waals surface area contributed by atoms with Crippen molar-refractivity contribution < 1.29 is 18.7 Å². The van der Waals surface area contributed by atoms with Crippen molar-refractivity contribution in [3.63, 3.8) is 0 Å². The second-order valence-electron chi connectivity index (χ2n) is 7.60. The van der Waals surface area contributed by atoms with Crippen molar-refractivity contribution in [3.8, 4) is 17.2 Å². The SMILES string of the molecule is COc1ccc(NC(=O)c2ccc(-n3cc(COc4cc(=O)oc5ccccc45)nn3)cc2)cc1. The van der Waals surface area contributed by atoms with Crippen LogP contribution in [0.4, 0.5) is 5.69 Å². The molecule has 0 aliphatic rings. The van der Waals surface area contributed by atoms with Crippen molar-refractivity contribution in [2.24, 2.45) is 0 Å². The minimum absolute atomic E-state index is 0.121. The summed E-state index contributed by atoms with van der Waals surface area (Å²) in [6.45, 7) is 0.121. The Bertz CT molecular complexity index is 1540. The Kier molecular flexibility index (Phi) is 5.96. The highest BCUT2D eigenvalue weighted by Gasteiger charge is 2.10. The summed E-state index contributed by atoms with van der Waals surface area (Å²) in [5.74, 6) is 0.903. The van der Waals surface area contributed by atoms with Gasteiger partial charge in [0.2, 0.25) is 0 Å². The van der Waals surface area contributed by atoms with Gasteiger partial charge in [0, 0.05) is 11.3 Å². The number of fused-ring (bicyclic) bond motifs is 1. The number of hydrogen-bond acceptors (Lipinski definition) is 7. The first-order valence-electron chi connectivity index (χ1n) is 10.7. The van der Waals surface area contributed by atoms with Gasteiger partial charge in [-0.3, -0.25) is 4.79 Å². The summed E-state index contributed by atoms with van der Waals surface area (Å²) in [4.78, 5) is 24.3. The molecule has 0 bridgehead atoms. The van der Waals surface area contributed by atoms with Crippen LogP contribution in [0.5, 0.6) is 11.5 Å². The summed E-state index contributed by atoms with van der Waals surface area (Å²) < 4.78 is 17.7. The quantitative estimate of drug-likeness (QED) is 0.356. The number of hydrogen-bond donors (Lipinski definition) is 1. The third-order valence-corrected chi connectivity index (χ3v) is 5.27. The van der Waals surface area contributed by atoms with Gasteiger partial charge in [-0.05, 0) is 60.7 Å². The van der Waals surface area contributed by atoms with E-state index < -0.39 is 5.63 Å². The lowest BCUT2D eigenvalue weighted by atomic mass is 10.2. The lowest BCUT2D eigenvalue weighted by molar-refractivity contribution is 0.102. The highest BCUT2D eigenvalue weighted by atomic mass is 16.5. The predicted octanol–water partition coefficient (Wildman–Crippen LogP) is 4.21. The number of anilines is 1. The normalized spacial score (nSPS) is 10.8. The van der Waals surface area contributed by atoms with Crippen molar-refractivity contribution in [1.29, 1.82) is 0 Å². The number of para-hydroxylation sites is 1. The zero-order valence-corrected chi connectivity index (χ0v) is 18.7. The first-order chi connectivity index (χ1) is 17.1. The van der Waals surface area contributed by atoms with E-state index in [2.05, 4.69) is 15.6 Å². The molecule has 0 fully saturated rings. The van der Waals surface area contributed by atoms with Crippen LogP contribution >= 0.6 is 0 Å². The molecule has 0 unspecified atom stereocenters. The number of aromatic nitrogens is 3. The fourth-order valence-electron chi connectivity index (χ4n) is 3.49. The Labute approximate surface area is 199 Å². The lowest BCUT2D eigenvalue weighted by Gasteiger charge is -2.07. The van der Waals surface area contributed by atoms with Crippen molar-refractivity contribution in [2.75, 3.05) is 12.4 Å². The van der Waals surface area contributed by atoms with Crippen molar-refractivity contribution in [2.45, 2.75) is 6.61 Å². The van der Waals surface area contributed by atoms with Gasteiger partial charge < -0.3 is 19.2 Å². The second-order valence-corrected chi connectivity index (χ2v) is 7.60. The van der Waals surface area contributed by atoms with E-state index in [0.29, 0.717) is 39.4 Å². The predicted molar refractivity (Wildman–Crippen MR) is 129 cm³/mol. The van der Waals surface area contributed by atoms with E-state index in [-0.39, 0.29) is 12.5 Å². The highest BCUT2D eigenvalue weighted by Crippen LogP contribution is 2.24. The van der Waals surface area contributed by atoms with E-state index in [1.807, 2.05) is 12.1 Å². The van der Waals surface area contributed by atoms with Gasteiger partial charge in [0.15, 0.2) is 0 Å². The Morgan fingerprint density at radius 1 is 1.03 bits per heavy atom. The number of nitrogens with one attached hydrogen (secondary N) is 1. The molecule has 5 aromatic rings. The molecule has 5 rings (SSSR count). The lowest BCUT2D eigenvalue weighted by Crippen LogP contribution is -2.11. The van der Waals surface area contributed by atoms with E-state index in [1.165, 1.54) is 6.07 Å². The third-order valence-electron chi connectivity index (χ3n) is 5.27. The van der Waals surface area contributed by atoms with Crippen LogP contribution in [0, 0.1) is 0 Å². The molecule has 0 spiro atoms. The van der Waals surface area contributed by atoms with Gasteiger partial charge in [0.1, 0.15) is 29.4 Å². The molecule has 0 aliphatic heterocycles. The molecule has 9 heteroatoms. The molecule has 0 saturated carbocycles. The summed E-state index contributed by atoms with van der Waals surface area (Å²) in [5, 5.41) is 11.8. The fourth-order valence-corrected chi connectivity index (χ4v) is 3.49. The topological polar surface area (TPSA) is 108 Å². The standard InChI is InChI=1S/C26H20N4O5/c1-33-21-12-8-18(9-13-21)27-26(32)17-6-10-20(11-7-17)30-15-19(28-29-30)16-34-24-14-25(31)35-23-5-3-2-4-22(23)24/h2-15H,16H2,1H3,(H,27,32). The van der Waals surface area contributed by atoms with Gasteiger partial charge in [-0.15, -0.1) is 5.10 Å². The van der Waals surface area contributed by atoms with Gasteiger partial charge in [-0.1, -0.05) is 17.3 Å². The van der Waals surface area contributed by atoms with Crippen LogP contribution in [0.1, 0.15) is 16.1 Å². The average Bonchev–Trinajstić information content (AvgIpc) is 3.37. The Morgan fingerprint density at radius 2 is 1.80 bits per heavy atom. The smallest absolute Gasteiger partial charge is 0.339 e. The first kappa shape index (κ1) is 21.9. The summed E-state index contributed by atoms with van der Waals surface area (Å²) in [5.41, 5.74) is 2.44. The Morgan fingerprint density at radius 3 is 2.57 bits per heavy atom. The number of benzene rings is 3. The maximum Gasteiger partial charge on any atom is 0.339 e. The Hall–Kier alpha value is -4.92. The molecule has 0 saturated heterocycles. The fraction of sp³-hybridized carbons (Fsp3) is 0.0769. The molecule has 9 nitrogen and oxygen atoms in total. The number of ether oxygens (including phenoxy) is 2. The average molecular weight is 468 g/mol. The zero-order valence-electron chi connectivity index (χ0n) is 18.7. The van der Waals surface area contributed by atoms with Crippen molar-refractivity contribution >= 4 is 22.6 Å². The molecule has 2 aromatic heterocycles. The molecule has 0 atom stereocenters. The summed E-state index contributed by atoms with van der Waals surface area (Å²) >= 11 is 0. The van der Waals surface area contributed by atoms with Gasteiger partial charge in [0.25, 0.3) is 5.91 Å². The van der Waals surface area contributed by atoms with Crippen LogP contribution < -0.4 is 20.4 Å². The molecular weight excluding hydrogens is 448 g/mol. The monoisotopic (exact) mass is 468 g/mol. The van der Waals surface area contributed by atoms with Gasteiger partial charge in [-0.25, -0.2) is 9.48 Å². The van der Waals surface area contributed by atoms with Gasteiger partial charge >= 0.3 is 5.63 Å². The van der Waals surface area contributed by atoms with Crippen LogP contribution in [-0.4, -0.2) is 28.0 Å². The van der Waals surface area contributed by atoms with Gasteiger partial charge in [-0.2, -0.15) is 0 Å². The summed E-state index contributed by atoms with van der Waals surface area (Å²) in [6.07, 6.45) is 1.72. The minimum atomic E-state index is -0.488. The summed E-state index contributed by atoms with van der Waals surface area (Å²) in [6, 6.07) is 22.5. The number of rotatable bonds is 7. The molecule has 174 valence electrons. The number of carbonyl (C=O) groups excluding carboxylic acids is 1. The van der Waals surface area contributed by atoms with E-state index in [0.717, 1.165) is 5.69 Å². The van der Waals surface area contributed by atoms with Crippen LogP contribution in [0.25, 0.3) is 16.7 Å². The zero-order chi connectivity index (χ0) is 24.2. The minimum Gasteiger partial charge on any atom is -0.497 e. The van der Waals surface area contributed by atoms with E-state index >= 15 is 0 Å². The second kappa shape index (κ2) is 9.52. The molecular formula is C26H20N4O5. The molecule has 2 heterocycles. The molecule has 3 aromatic carbocycles. The van der Waals surface area contributed by atoms with Crippen molar-refractivity contribution in [3.05, 3.63) is 107 Å². The Balaban J connectivity index is 1.25. The highest BCUT2D eigenvalue weighted by molar-refractivity contribution is 6.04. The van der Waals surface area contributed by atoms with Crippen molar-refractivity contribution in [1.82, 2.24) is 15.0 Å². The molecule has 1 N–H and O–H groups in total. The van der Waals surface area contributed by atoms with Crippen LogP contribution in [-0.2, 0) is 6.61 Å². The number of amides is 1. The van der Waals surface area contributed by atoms with Crippen LogP contribution in [0.15, 0.2) is 94.3 Å². The van der Waals surface area contributed by atoms with Gasteiger partial charge in [0.05, 0.1) is 30.4 Å². The molecule has 0 radical (unpaired) electrons. The largest absolute Gasteiger partial charge is 0.497 e. The maximum absolute atomic E-state index is 12.5. The number of carbonyl (C=O) groups is 1. The number of nitrogens with zero attached hydrogens (tertiary/aromatic N) is 3. The van der Waals surface area contributed by atoms with Crippen LogP contribution in [0.3, 0.4) is 0 Å². The third kappa shape index (κ3) is 4.88. The summed E-state index contributed by atoms with van der Waals surface area (Å²) in [7, 11) is 1.59. The van der Waals surface area contributed by atoms with E-state index in [9.17, 15) is 9.59 Å². The van der Waals surface area contributed by atoms with Crippen LogP contribution in [0.2, 0.25) is 0 Å². The molecule has 35 heavy (non-hydrogen) atoms. The maximum atomic E-state index is 12.5. The number of methoxy groups -OCH3 is 1.